The third kappa shape index (κ3) is 4.00. The average Bonchev–Trinajstić information content (AvgIpc) is 3.04. The Bertz CT molecular complexity index is 907. The van der Waals surface area contributed by atoms with Crippen LogP contribution in [0.5, 0.6) is 0 Å². The molecule has 0 radical (unpaired) electrons. The molecule has 0 saturated heterocycles. The Balaban J connectivity index is 1.71. The molecule has 7 heteroatoms. The first-order valence-corrected chi connectivity index (χ1v) is 8.36. The summed E-state index contributed by atoms with van der Waals surface area (Å²) in [5.41, 5.74) is 2.17. The molecule has 3 aromatic rings. The molecule has 0 bridgehead atoms. The second-order valence-electron chi connectivity index (χ2n) is 5.59. The summed E-state index contributed by atoms with van der Waals surface area (Å²) < 4.78 is 5.11. The number of aromatic nitrogens is 2. The Morgan fingerprint density at radius 1 is 1.12 bits per heavy atom. The minimum Gasteiger partial charge on any atom is -0.346 e. The van der Waals surface area contributed by atoms with Gasteiger partial charge in [-0.2, -0.15) is 4.98 Å². The maximum absolute atomic E-state index is 12.4. The van der Waals surface area contributed by atoms with Gasteiger partial charge in [-0.05, 0) is 55.8 Å². The molecule has 0 spiro atoms. The van der Waals surface area contributed by atoms with Crippen molar-refractivity contribution in [3.63, 3.8) is 0 Å². The topological polar surface area (TPSA) is 68.0 Å². The van der Waals surface area contributed by atoms with Crippen LogP contribution in [0.15, 0.2) is 47.0 Å². The third-order valence-corrected chi connectivity index (χ3v) is 4.45. The van der Waals surface area contributed by atoms with Crippen LogP contribution in [0.3, 0.4) is 0 Å². The molecule has 0 fully saturated rings. The van der Waals surface area contributed by atoms with Crippen molar-refractivity contribution >= 4 is 29.1 Å². The highest BCUT2D eigenvalue weighted by atomic mass is 35.5. The Kier molecular flexibility index (Phi) is 5.06. The molecule has 1 unspecified atom stereocenters. The molecule has 0 aliphatic carbocycles. The number of benzene rings is 2. The number of hydrogen-bond donors (Lipinski definition) is 1. The summed E-state index contributed by atoms with van der Waals surface area (Å²) in [5, 5.41) is 7.62. The number of nitrogens with one attached hydrogen (secondary N) is 1. The lowest BCUT2D eigenvalue weighted by Gasteiger charge is -2.15. The van der Waals surface area contributed by atoms with Gasteiger partial charge in [0.15, 0.2) is 5.82 Å². The highest BCUT2D eigenvalue weighted by molar-refractivity contribution is 6.42. The van der Waals surface area contributed by atoms with Gasteiger partial charge >= 0.3 is 0 Å². The van der Waals surface area contributed by atoms with Gasteiger partial charge in [-0.15, -0.1) is 0 Å². The number of halogens is 2. The number of hydrogen-bond acceptors (Lipinski definition) is 4. The van der Waals surface area contributed by atoms with Crippen molar-refractivity contribution in [2.24, 2.45) is 0 Å². The van der Waals surface area contributed by atoms with E-state index in [1.54, 1.807) is 43.3 Å². The van der Waals surface area contributed by atoms with Gasteiger partial charge in [-0.25, -0.2) is 0 Å². The summed E-state index contributed by atoms with van der Waals surface area (Å²) in [6, 6.07) is 12.1. The molecule has 1 aromatic heterocycles. The van der Waals surface area contributed by atoms with E-state index in [4.69, 9.17) is 27.7 Å². The number of rotatable bonds is 4. The molecule has 1 atom stereocenters. The van der Waals surface area contributed by atoms with Gasteiger partial charge < -0.3 is 9.84 Å². The van der Waals surface area contributed by atoms with Crippen LogP contribution in [0.25, 0.3) is 11.5 Å². The highest BCUT2D eigenvalue weighted by Gasteiger charge is 2.13. The molecule has 25 heavy (non-hydrogen) atoms. The number of nitrogens with zero attached hydrogens (tertiary/aromatic N) is 2. The van der Waals surface area contributed by atoms with Crippen molar-refractivity contribution in [3.8, 4) is 11.5 Å². The van der Waals surface area contributed by atoms with E-state index in [0.717, 1.165) is 11.1 Å². The first-order valence-electron chi connectivity index (χ1n) is 7.60. The predicted octanol–water partition coefficient (Wildman–Crippen LogP) is 4.84. The van der Waals surface area contributed by atoms with E-state index >= 15 is 0 Å². The van der Waals surface area contributed by atoms with Crippen molar-refractivity contribution in [3.05, 3.63) is 69.5 Å². The van der Waals surface area contributed by atoms with Crippen LogP contribution in [-0.4, -0.2) is 16.0 Å². The molecule has 2 aromatic carbocycles. The second-order valence-corrected chi connectivity index (χ2v) is 6.41. The van der Waals surface area contributed by atoms with Crippen LogP contribution in [-0.2, 0) is 0 Å². The summed E-state index contributed by atoms with van der Waals surface area (Å²) in [6.45, 7) is 3.63. The van der Waals surface area contributed by atoms with Crippen LogP contribution >= 0.6 is 23.2 Å². The molecule has 0 aliphatic rings. The molecule has 128 valence electrons. The molecule has 1 amide bonds. The van der Waals surface area contributed by atoms with Crippen LogP contribution in [0, 0.1) is 6.92 Å². The predicted molar refractivity (Wildman–Crippen MR) is 96.8 cm³/mol. The SMILES string of the molecule is Cc1noc(-c2ccc(C(=O)NC(C)c3ccc(Cl)c(Cl)c3)cc2)n1. The zero-order chi connectivity index (χ0) is 18.0. The summed E-state index contributed by atoms with van der Waals surface area (Å²) >= 11 is 11.9. The molecule has 5 nitrogen and oxygen atoms in total. The smallest absolute Gasteiger partial charge is 0.257 e. The minimum atomic E-state index is -0.208. The van der Waals surface area contributed by atoms with Crippen LogP contribution in [0.1, 0.15) is 34.7 Å². The zero-order valence-corrected chi connectivity index (χ0v) is 15.1. The van der Waals surface area contributed by atoms with Gasteiger partial charge in [0.1, 0.15) is 0 Å². The maximum atomic E-state index is 12.4. The van der Waals surface area contributed by atoms with Crippen molar-refractivity contribution in [1.29, 1.82) is 0 Å². The Hall–Kier alpha value is -2.37. The van der Waals surface area contributed by atoms with E-state index in [1.807, 2.05) is 13.0 Å². The molecule has 3 rings (SSSR count). The highest BCUT2D eigenvalue weighted by Crippen LogP contribution is 2.26. The van der Waals surface area contributed by atoms with E-state index in [-0.39, 0.29) is 11.9 Å². The fourth-order valence-electron chi connectivity index (χ4n) is 2.32. The maximum Gasteiger partial charge on any atom is 0.257 e. The lowest BCUT2D eigenvalue weighted by molar-refractivity contribution is 0.0940. The van der Waals surface area contributed by atoms with E-state index < -0.39 is 0 Å². The molecule has 1 N–H and O–H groups in total. The molecule has 1 heterocycles. The standard InChI is InChI=1S/C18H15Cl2N3O2/c1-10(14-7-8-15(19)16(20)9-14)21-17(24)12-3-5-13(6-4-12)18-22-11(2)23-25-18/h3-10H,1-2H3,(H,21,24). The number of carbonyl (C=O) groups excluding carboxylic acids is 1. The molecule has 0 aliphatic heterocycles. The van der Waals surface area contributed by atoms with Gasteiger partial charge in [0.05, 0.1) is 16.1 Å². The van der Waals surface area contributed by atoms with Gasteiger partial charge in [0.25, 0.3) is 11.8 Å². The Morgan fingerprint density at radius 3 is 2.44 bits per heavy atom. The molecular formula is C18H15Cl2N3O2. The quantitative estimate of drug-likeness (QED) is 0.707. The third-order valence-electron chi connectivity index (χ3n) is 3.71. The van der Waals surface area contributed by atoms with E-state index in [0.29, 0.717) is 27.3 Å². The van der Waals surface area contributed by atoms with E-state index in [1.165, 1.54) is 0 Å². The summed E-state index contributed by atoms with van der Waals surface area (Å²) in [6.07, 6.45) is 0. The van der Waals surface area contributed by atoms with E-state index in [2.05, 4.69) is 15.5 Å². The first-order chi connectivity index (χ1) is 11.9. The van der Waals surface area contributed by atoms with Crippen molar-refractivity contribution in [1.82, 2.24) is 15.5 Å². The summed E-state index contributed by atoms with van der Waals surface area (Å²) in [5.74, 6) is 0.799. The Labute approximate surface area is 155 Å². The second kappa shape index (κ2) is 7.25. The van der Waals surface area contributed by atoms with E-state index in [9.17, 15) is 4.79 Å². The van der Waals surface area contributed by atoms with Gasteiger partial charge in [-0.1, -0.05) is 34.4 Å². The fourth-order valence-corrected chi connectivity index (χ4v) is 2.63. The Morgan fingerprint density at radius 2 is 1.84 bits per heavy atom. The molecule has 0 saturated carbocycles. The summed E-state index contributed by atoms with van der Waals surface area (Å²) in [7, 11) is 0. The van der Waals surface area contributed by atoms with Crippen molar-refractivity contribution in [2.45, 2.75) is 19.9 Å². The monoisotopic (exact) mass is 375 g/mol. The van der Waals surface area contributed by atoms with Gasteiger partial charge in [-0.3, -0.25) is 4.79 Å². The van der Waals surface area contributed by atoms with Crippen LogP contribution in [0.4, 0.5) is 0 Å². The normalized spacial score (nSPS) is 12.0. The number of carbonyl (C=O) groups is 1. The lowest BCUT2D eigenvalue weighted by atomic mass is 10.1. The zero-order valence-electron chi connectivity index (χ0n) is 13.6. The minimum absolute atomic E-state index is 0.188. The largest absolute Gasteiger partial charge is 0.346 e. The van der Waals surface area contributed by atoms with Gasteiger partial charge in [0.2, 0.25) is 0 Å². The van der Waals surface area contributed by atoms with Crippen LogP contribution < -0.4 is 5.32 Å². The average molecular weight is 376 g/mol. The summed E-state index contributed by atoms with van der Waals surface area (Å²) in [4.78, 5) is 16.6. The fraction of sp³-hybridized carbons (Fsp3) is 0.167. The number of aryl methyl sites for hydroxylation is 1. The van der Waals surface area contributed by atoms with Gasteiger partial charge in [0, 0.05) is 11.1 Å². The van der Waals surface area contributed by atoms with Crippen molar-refractivity contribution in [2.75, 3.05) is 0 Å². The molecular weight excluding hydrogens is 361 g/mol. The number of amides is 1. The first kappa shape index (κ1) is 17.5. The lowest BCUT2D eigenvalue weighted by Crippen LogP contribution is -2.26. The van der Waals surface area contributed by atoms with Crippen LogP contribution in [0.2, 0.25) is 10.0 Å². The van der Waals surface area contributed by atoms with Crippen molar-refractivity contribution < 1.29 is 9.32 Å².